The molecule has 8 rings (SSSR count). The summed E-state index contributed by atoms with van der Waals surface area (Å²) < 4.78 is 39.6. The third kappa shape index (κ3) is 11.3. The maximum absolute atomic E-state index is 12.4. The van der Waals surface area contributed by atoms with Gasteiger partial charge in [-0.15, -0.1) is 0 Å². The van der Waals surface area contributed by atoms with Gasteiger partial charge in [0.15, 0.2) is 18.9 Å². The van der Waals surface area contributed by atoms with Crippen molar-refractivity contribution in [3.63, 3.8) is 0 Å². The van der Waals surface area contributed by atoms with Crippen molar-refractivity contribution in [3.8, 4) is 0 Å². The SMILES string of the molecule is C.CC.CC.CC1CCCC(OC2CCC3(C)C(CCC4C3CC(O)C3(C)C(C5=CC(=O)OC5)CCC43O)C2)O1.CO.COC1C[C@H](O)C(OC2CCCC(C)O2)CO1. The van der Waals surface area contributed by atoms with E-state index < -0.39 is 23.2 Å². The van der Waals surface area contributed by atoms with Gasteiger partial charge in [-0.25, -0.2) is 4.79 Å². The minimum absolute atomic E-state index is 0. The van der Waals surface area contributed by atoms with Gasteiger partial charge in [-0.3, -0.25) is 0 Å². The first-order valence-corrected chi connectivity index (χ1v) is 23.0. The van der Waals surface area contributed by atoms with Crippen molar-refractivity contribution < 1.29 is 58.4 Å². The van der Waals surface area contributed by atoms with Gasteiger partial charge >= 0.3 is 5.97 Å². The largest absolute Gasteiger partial charge is 0.458 e. The molecule has 4 saturated carbocycles. The Morgan fingerprint density at radius 3 is 1.95 bits per heavy atom. The van der Waals surface area contributed by atoms with Crippen LogP contribution in [0, 0.1) is 34.5 Å². The zero-order valence-electron chi connectivity index (χ0n) is 37.7. The predicted octanol–water partition coefficient (Wildman–Crippen LogP) is 7.85. The molecule has 4 aliphatic heterocycles. The molecule has 4 N–H and O–H groups in total. The number of carbonyl (C=O) groups excluding carboxylic acids is 1. The molecule has 0 aromatic rings. The Morgan fingerprint density at radius 1 is 0.763 bits per heavy atom. The van der Waals surface area contributed by atoms with Crippen molar-refractivity contribution in [2.45, 2.75) is 220 Å². The van der Waals surface area contributed by atoms with Crippen LogP contribution < -0.4 is 0 Å². The van der Waals surface area contributed by atoms with Crippen LogP contribution in [0.4, 0.5) is 0 Å². The minimum Gasteiger partial charge on any atom is -0.458 e. The standard InChI is InChI=1S/C29H44O6.C12H22O5.2C2H6.CH4O.CH4/c1-17-5-4-6-26(34-17)35-20-9-11-27(2)19(14-20)7-8-22-23(27)15-24(30)28(3)21(10-12-29(22,28)32)18-13-25(31)33-16-18;1-8-4-3-5-11(16-8)17-10-7-15-12(14-2)6-9(10)13;3*1-2;/h13,17,19-24,26,30,32H,4-12,14-16H2,1-3H3;8-13H,3-7H2,1-2H3;2*1-2H3;2H,1H3;1H4/t;8?,9-,10?,11?,12?;;;;/m.0..../s1. The third-order valence-corrected chi connectivity index (χ3v) is 15.1. The second-order valence-corrected chi connectivity index (χ2v) is 18.0. The van der Waals surface area contributed by atoms with Crippen molar-refractivity contribution in [2.24, 2.45) is 34.5 Å². The van der Waals surface area contributed by atoms with Gasteiger partial charge in [0.1, 0.15) is 12.7 Å². The number of hydrogen-bond acceptors (Lipinski definition) is 12. The lowest BCUT2D eigenvalue weighted by Crippen LogP contribution is -2.67. The van der Waals surface area contributed by atoms with E-state index in [-0.39, 0.29) is 73.9 Å². The quantitative estimate of drug-likeness (QED) is 0.152. The fourth-order valence-electron chi connectivity index (χ4n) is 12.0. The second-order valence-electron chi connectivity index (χ2n) is 18.0. The van der Waals surface area contributed by atoms with Crippen LogP contribution in [-0.2, 0) is 38.0 Å². The van der Waals surface area contributed by atoms with Crippen LogP contribution in [0.25, 0.3) is 0 Å². The maximum atomic E-state index is 12.4. The monoisotopic (exact) mass is 843 g/mol. The molecular weight excluding hydrogens is 757 g/mol. The summed E-state index contributed by atoms with van der Waals surface area (Å²) in [5.41, 5.74) is -0.458. The Hall–Kier alpha value is -1.19. The number of ether oxygens (including phenoxy) is 7. The molecular formula is C47H86O12. The first-order chi connectivity index (χ1) is 27.8. The first kappa shape index (κ1) is 52.2. The van der Waals surface area contributed by atoms with Gasteiger partial charge in [0, 0.05) is 32.1 Å². The van der Waals surface area contributed by atoms with Crippen molar-refractivity contribution in [3.05, 3.63) is 11.6 Å². The number of esters is 1. The molecule has 3 saturated heterocycles. The van der Waals surface area contributed by atoms with Gasteiger partial charge in [-0.05, 0) is 138 Å². The lowest BCUT2D eigenvalue weighted by atomic mass is 9.42. The molecule has 0 aromatic carbocycles. The van der Waals surface area contributed by atoms with Crippen LogP contribution in [0.1, 0.15) is 159 Å². The molecule has 16 atom stereocenters. The zero-order chi connectivity index (χ0) is 42.8. The predicted molar refractivity (Wildman–Crippen MR) is 228 cm³/mol. The lowest BCUT2D eigenvalue weighted by Gasteiger charge is -2.65. The smallest absolute Gasteiger partial charge is 0.331 e. The molecule has 7 fully saturated rings. The van der Waals surface area contributed by atoms with Gasteiger partial charge in [0.25, 0.3) is 0 Å². The van der Waals surface area contributed by atoms with Gasteiger partial charge in [0.05, 0.1) is 42.7 Å². The lowest BCUT2D eigenvalue weighted by molar-refractivity contribution is -0.272. The molecule has 59 heavy (non-hydrogen) atoms. The molecule has 8 aliphatic rings. The van der Waals surface area contributed by atoms with Crippen LogP contribution in [0.2, 0.25) is 0 Å². The van der Waals surface area contributed by atoms with E-state index in [4.69, 9.17) is 38.3 Å². The van der Waals surface area contributed by atoms with E-state index in [1.807, 2.05) is 34.6 Å². The average Bonchev–Trinajstić information content (AvgIpc) is 3.78. The second kappa shape index (κ2) is 23.5. The number of aliphatic hydroxyl groups is 4. The average molecular weight is 843 g/mol. The Morgan fingerprint density at radius 2 is 1.39 bits per heavy atom. The van der Waals surface area contributed by atoms with Crippen LogP contribution in [0.15, 0.2) is 11.6 Å². The molecule has 4 heterocycles. The Kier molecular flexibility index (Phi) is 20.8. The van der Waals surface area contributed by atoms with E-state index >= 15 is 0 Å². The molecule has 12 heteroatoms. The molecule has 0 bridgehead atoms. The van der Waals surface area contributed by atoms with E-state index in [0.717, 1.165) is 89.7 Å². The van der Waals surface area contributed by atoms with Crippen LogP contribution in [0.3, 0.4) is 0 Å². The highest BCUT2D eigenvalue weighted by molar-refractivity contribution is 5.85. The first-order valence-electron chi connectivity index (χ1n) is 23.0. The van der Waals surface area contributed by atoms with Gasteiger partial charge in [0.2, 0.25) is 0 Å². The van der Waals surface area contributed by atoms with Crippen molar-refractivity contribution in [1.29, 1.82) is 0 Å². The normalized spacial score (nSPS) is 44.8. The number of methoxy groups -OCH3 is 1. The van der Waals surface area contributed by atoms with Crippen LogP contribution >= 0.6 is 0 Å². The summed E-state index contributed by atoms with van der Waals surface area (Å²) in [6.45, 7) is 17.4. The number of fused-ring (bicyclic) bond motifs is 5. The molecule has 4 aliphatic carbocycles. The number of carbonyl (C=O) groups is 1. The highest BCUT2D eigenvalue weighted by atomic mass is 16.7. The maximum Gasteiger partial charge on any atom is 0.331 e. The van der Waals surface area contributed by atoms with Crippen molar-refractivity contribution in [1.82, 2.24) is 0 Å². The van der Waals surface area contributed by atoms with E-state index in [9.17, 15) is 20.1 Å². The molecule has 15 unspecified atom stereocenters. The summed E-state index contributed by atoms with van der Waals surface area (Å²) in [7, 11) is 2.57. The summed E-state index contributed by atoms with van der Waals surface area (Å²) in [4.78, 5) is 11.8. The van der Waals surface area contributed by atoms with E-state index in [1.165, 1.54) is 6.42 Å². The Bertz CT molecular complexity index is 1280. The third-order valence-electron chi connectivity index (χ3n) is 15.1. The summed E-state index contributed by atoms with van der Waals surface area (Å²) in [6.07, 6.45) is 14.7. The summed E-state index contributed by atoms with van der Waals surface area (Å²) >= 11 is 0. The van der Waals surface area contributed by atoms with E-state index in [1.54, 1.807) is 13.2 Å². The Labute approximate surface area is 357 Å². The molecule has 0 amide bonds. The molecule has 0 radical (unpaired) electrons. The summed E-state index contributed by atoms with van der Waals surface area (Å²) in [5.74, 6) is 0.783. The number of rotatable bonds is 6. The molecule has 0 spiro atoms. The number of hydrogen-bond donors (Lipinski definition) is 4. The van der Waals surface area contributed by atoms with Crippen LogP contribution in [0.5, 0.6) is 0 Å². The minimum atomic E-state index is -0.903. The summed E-state index contributed by atoms with van der Waals surface area (Å²) in [6, 6.07) is 0. The Balaban J connectivity index is 0.000000328. The highest BCUT2D eigenvalue weighted by Crippen LogP contribution is 2.70. The fourth-order valence-corrected chi connectivity index (χ4v) is 12.0. The van der Waals surface area contributed by atoms with Gasteiger partial charge in [-0.2, -0.15) is 0 Å². The highest BCUT2D eigenvalue weighted by Gasteiger charge is 2.70. The fraction of sp³-hybridized carbons (Fsp3) is 0.936. The van der Waals surface area contributed by atoms with E-state index in [2.05, 4.69) is 20.8 Å². The van der Waals surface area contributed by atoms with Gasteiger partial charge < -0.3 is 53.6 Å². The number of cyclic esters (lactones) is 1. The van der Waals surface area contributed by atoms with Crippen molar-refractivity contribution in [2.75, 3.05) is 27.4 Å². The molecule has 12 nitrogen and oxygen atoms in total. The number of aliphatic hydroxyl groups excluding tert-OH is 3. The molecule has 346 valence electrons. The molecule has 0 aromatic heterocycles. The van der Waals surface area contributed by atoms with Crippen molar-refractivity contribution >= 4 is 5.97 Å². The summed E-state index contributed by atoms with van der Waals surface area (Å²) in [5, 5.41) is 41.0. The zero-order valence-corrected chi connectivity index (χ0v) is 37.7. The van der Waals surface area contributed by atoms with E-state index in [0.29, 0.717) is 37.9 Å². The van der Waals surface area contributed by atoms with Gasteiger partial charge in [-0.1, -0.05) is 49.0 Å². The topological polar surface area (TPSA) is 163 Å². The van der Waals surface area contributed by atoms with Crippen LogP contribution in [-0.4, -0.2) is 115 Å².